The lowest BCUT2D eigenvalue weighted by Crippen LogP contribution is -2.59. The molecule has 2 amide bonds. The van der Waals surface area contributed by atoms with Gasteiger partial charge in [0.25, 0.3) is 0 Å². The summed E-state index contributed by atoms with van der Waals surface area (Å²) in [6, 6.07) is 18.0. The monoisotopic (exact) mass is 448 g/mol. The number of hydrogen-bond donors (Lipinski definition) is 0. The lowest BCUT2D eigenvalue weighted by molar-refractivity contribution is -0.128. The normalized spacial score (nSPS) is 19.0. The van der Waals surface area contributed by atoms with Gasteiger partial charge in [0.05, 0.1) is 6.54 Å². The van der Waals surface area contributed by atoms with Crippen LogP contribution in [0.25, 0.3) is 0 Å². The SMILES string of the molecule is CC(C)(C)OC(=O)N1CC[C@@H]1C(=O)N(Cc1ccc(C2CCCCC2)cc1)c1ccccc1. The van der Waals surface area contributed by atoms with Gasteiger partial charge < -0.3 is 9.64 Å². The van der Waals surface area contributed by atoms with Crippen molar-refractivity contribution in [1.82, 2.24) is 4.90 Å². The Kier molecular flexibility index (Phi) is 7.06. The quantitative estimate of drug-likeness (QED) is 0.541. The van der Waals surface area contributed by atoms with Crippen molar-refractivity contribution in [3.63, 3.8) is 0 Å². The van der Waals surface area contributed by atoms with E-state index in [4.69, 9.17) is 4.74 Å². The number of anilines is 1. The first-order valence-corrected chi connectivity index (χ1v) is 12.3. The van der Waals surface area contributed by atoms with Gasteiger partial charge >= 0.3 is 6.09 Å². The topological polar surface area (TPSA) is 49.9 Å². The van der Waals surface area contributed by atoms with Crippen LogP contribution >= 0.6 is 0 Å². The van der Waals surface area contributed by atoms with Crippen LogP contribution in [0.1, 0.15) is 76.3 Å². The van der Waals surface area contributed by atoms with Crippen molar-refractivity contribution in [3.8, 4) is 0 Å². The fraction of sp³-hybridized carbons (Fsp3) is 0.500. The molecule has 1 aliphatic heterocycles. The molecule has 4 rings (SSSR count). The van der Waals surface area contributed by atoms with E-state index in [1.165, 1.54) is 37.7 Å². The molecule has 1 saturated heterocycles. The first-order valence-electron chi connectivity index (χ1n) is 12.3. The third kappa shape index (κ3) is 5.76. The molecule has 0 aromatic heterocycles. The van der Waals surface area contributed by atoms with Gasteiger partial charge in [-0.2, -0.15) is 0 Å². The maximum atomic E-state index is 13.6. The zero-order chi connectivity index (χ0) is 23.4. The lowest BCUT2D eigenvalue weighted by atomic mass is 9.84. The van der Waals surface area contributed by atoms with E-state index in [2.05, 4.69) is 24.3 Å². The number of ether oxygens (including phenoxy) is 1. The fourth-order valence-corrected chi connectivity index (χ4v) is 4.78. The third-order valence-electron chi connectivity index (χ3n) is 6.66. The number of likely N-dealkylation sites (tertiary alicyclic amines) is 1. The zero-order valence-corrected chi connectivity index (χ0v) is 20.1. The van der Waals surface area contributed by atoms with Gasteiger partial charge in [0.2, 0.25) is 5.91 Å². The van der Waals surface area contributed by atoms with Gasteiger partial charge in [-0.15, -0.1) is 0 Å². The Labute approximate surface area is 197 Å². The smallest absolute Gasteiger partial charge is 0.410 e. The second-order valence-corrected chi connectivity index (χ2v) is 10.3. The van der Waals surface area contributed by atoms with Crippen LogP contribution in [0, 0.1) is 0 Å². The van der Waals surface area contributed by atoms with E-state index in [1.807, 2.05) is 51.1 Å². The molecule has 1 aliphatic carbocycles. The number of rotatable bonds is 5. The highest BCUT2D eigenvalue weighted by Crippen LogP contribution is 2.33. The van der Waals surface area contributed by atoms with Crippen molar-refractivity contribution in [1.29, 1.82) is 0 Å². The molecule has 2 aromatic rings. The van der Waals surface area contributed by atoms with E-state index in [9.17, 15) is 9.59 Å². The Morgan fingerprint density at radius 3 is 2.18 bits per heavy atom. The van der Waals surface area contributed by atoms with Crippen LogP contribution in [0.4, 0.5) is 10.5 Å². The Hall–Kier alpha value is -2.82. The van der Waals surface area contributed by atoms with Crippen molar-refractivity contribution in [2.45, 2.75) is 83.4 Å². The van der Waals surface area contributed by atoms with Crippen LogP contribution in [-0.2, 0) is 16.1 Å². The average Bonchev–Trinajstić information content (AvgIpc) is 2.77. The summed E-state index contributed by atoms with van der Waals surface area (Å²) < 4.78 is 5.51. The maximum Gasteiger partial charge on any atom is 0.410 e. The van der Waals surface area contributed by atoms with Gasteiger partial charge in [-0.3, -0.25) is 9.69 Å². The second kappa shape index (κ2) is 9.98. The number of hydrogen-bond acceptors (Lipinski definition) is 3. The summed E-state index contributed by atoms with van der Waals surface area (Å²) in [7, 11) is 0. The predicted molar refractivity (Wildman–Crippen MR) is 131 cm³/mol. The molecule has 1 saturated carbocycles. The second-order valence-electron chi connectivity index (χ2n) is 10.3. The van der Waals surface area contributed by atoms with E-state index in [0.717, 1.165) is 11.3 Å². The van der Waals surface area contributed by atoms with E-state index < -0.39 is 17.7 Å². The van der Waals surface area contributed by atoms with Crippen molar-refractivity contribution < 1.29 is 14.3 Å². The summed E-state index contributed by atoms with van der Waals surface area (Å²) in [4.78, 5) is 29.5. The molecule has 2 fully saturated rings. The molecule has 0 bridgehead atoms. The Morgan fingerprint density at radius 2 is 1.61 bits per heavy atom. The van der Waals surface area contributed by atoms with Crippen LogP contribution in [-0.4, -0.2) is 35.1 Å². The average molecular weight is 449 g/mol. The van der Waals surface area contributed by atoms with Crippen LogP contribution < -0.4 is 4.90 Å². The zero-order valence-electron chi connectivity index (χ0n) is 20.1. The van der Waals surface area contributed by atoms with Crippen LogP contribution in [0.3, 0.4) is 0 Å². The van der Waals surface area contributed by atoms with Crippen LogP contribution in [0.15, 0.2) is 54.6 Å². The molecule has 2 aromatic carbocycles. The molecule has 0 N–H and O–H groups in total. The minimum atomic E-state index is -0.584. The number of para-hydroxylation sites is 1. The van der Waals surface area contributed by atoms with Crippen LogP contribution in [0.5, 0.6) is 0 Å². The fourth-order valence-electron chi connectivity index (χ4n) is 4.78. The Bertz CT molecular complexity index is 943. The van der Waals surface area contributed by atoms with Crippen LogP contribution in [0.2, 0.25) is 0 Å². The number of nitrogens with zero attached hydrogens (tertiary/aromatic N) is 2. The molecule has 0 unspecified atom stereocenters. The molecule has 5 nitrogen and oxygen atoms in total. The molecule has 0 radical (unpaired) electrons. The number of carbonyl (C=O) groups excluding carboxylic acids is 2. The molecule has 0 spiro atoms. The highest BCUT2D eigenvalue weighted by atomic mass is 16.6. The van der Waals surface area contributed by atoms with Gasteiger partial charge in [-0.05, 0) is 69.2 Å². The molecule has 1 atom stereocenters. The summed E-state index contributed by atoms with van der Waals surface area (Å²) in [5.41, 5.74) is 2.76. The third-order valence-corrected chi connectivity index (χ3v) is 6.66. The number of carbonyl (C=O) groups is 2. The van der Waals surface area contributed by atoms with E-state index in [0.29, 0.717) is 25.4 Å². The van der Waals surface area contributed by atoms with E-state index >= 15 is 0 Å². The summed E-state index contributed by atoms with van der Waals surface area (Å²) >= 11 is 0. The molecular weight excluding hydrogens is 412 g/mol. The Morgan fingerprint density at radius 1 is 0.939 bits per heavy atom. The maximum absolute atomic E-state index is 13.6. The molecule has 176 valence electrons. The first-order chi connectivity index (χ1) is 15.8. The van der Waals surface area contributed by atoms with Gasteiger partial charge in [0.15, 0.2) is 0 Å². The van der Waals surface area contributed by atoms with E-state index in [1.54, 1.807) is 9.80 Å². The van der Waals surface area contributed by atoms with Gasteiger partial charge in [0, 0.05) is 12.2 Å². The van der Waals surface area contributed by atoms with E-state index in [-0.39, 0.29) is 5.91 Å². The lowest BCUT2D eigenvalue weighted by Gasteiger charge is -2.42. The van der Waals surface area contributed by atoms with Gasteiger partial charge in [-0.25, -0.2) is 4.79 Å². The molecule has 33 heavy (non-hydrogen) atoms. The first kappa shape index (κ1) is 23.3. The molecule has 2 aliphatic rings. The summed E-state index contributed by atoms with van der Waals surface area (Å²) in [5, 5.41) is 0. The number of amides is 2. The van der Waals surface area contributed by atoms with Crippen molar-refractivity contribution >= 4 is 17.7 Å². The Balaban J connectivity index is 1.50. The summed E-state index contributed by atoms with van der Waals surface area (Å²) in [5.74, 6) is 0.603. The van der Waals surface area contributed by atoms with Crippen molar-refractivity contribution in [3.05, 3.63) is 65.7 Å². The predicted octanol–water partition coefficient (Wildman–Crippen LogP) is 6.28. The standard InChI is InChI=1S/C28H36N2O3/c1-28(2,3)33-27(32)29-19-18-25(29)26(31)30(24-12-8-5-9-13-24)20-21-14-16-23(17-15-21)22-10-6-4-7-11-22/h5,8-9,12-17,22,25H,4,6-7,10-11,18-20H2,1-3H3/t25-/m1/s1. The summed E-state index contributed by atoms with van der Waals surface area (Å²) in [6.45, 7) is 6.55. The largest absolute Gasteiger partial charge is 0.444 e. The van der Waals surface area contributed by atoms with Crippen molar-refractivity contribution in [2.75, 3.05) is 11.4 Å². The molecular formula is C28H36N2O3. The van der Waals surface area contributed by atoms with Gasteiger partial charge in [-0.1, -0.05) is 61.7 Å². The number of benzene rings is 2. The summed E-state index contributed by atoms with van der Waals surface area (Å²) in [6.07, 6.45) is 6.77. The van der Waals surface area contributed by atoms with Crippen molar-refractivity contribution in [2.24, 2.45) is 0 Å². The minimum Gasteiger partial charge on any atom is -0.444 e. The van der Waals surface area contributed by atoms with Gasteiger partial charge in [0.1, 0.15) is 11.6 Å². The molecule has 1 heterocycles. The highest BCUT2D eigenvalue weighted by molar-refractivity contribution is 5.99. The minimum absolute atomic E-state index is 0.0605. The highest BCUT2D eigenvalue weighted by Gasteiger charge is 2.42. The molecule has 5 heteroatoms.